The van der Waals surface area contributed by atoms with E-state index in [9.17, 15) is 0 Å². The lowest BCUT2D eigenvalue weighted by Gasteiger charge is -2.34. The molecule has 0 saturated heterocycles. The fraction of sp³-hybridized carbons (Fsp3) is 0.0290. The third-order valence-corrected chi connectivity index (χ3v) is 15.4. The highest BCUT2D eigenvalue weighted by molar-refractivity contribution is 5.91. The SMILES string of the molecule is c1ccc(C2(c3ccccc3)c3ccccc3-c3ccc(-c4ccc(-c5nc6ccccn6c5-c5ccc(-c6ccc7c(c6)C(c6ccccc6)(c6ccccc6)c6ccccc6-7)cc5)cc4)cc32)cc1. The maximum atomic E-state index is 5.29. The van der Waals surface area contributed by atoms with E-state index in [1.54, 1.807) is 0 Å². The van der Waals surface area contributed by atoms with E-state index >= 15 is 0 Å². The Morgan fingerprint density at radius 2 is 0.620 bits per heavy atom. The summed E-state index contributed by atoms with van der Waals surface area (Å²) in [4.78, 5) is 5.29. The molecule has 10 aromatic carbocycles. The van der Waals surface area contributed by atoms with Crippen LogP contribution in [0.1, 0.15) is 44.5 Å². The van der Waals surface area contributed by atoms with Crippen LogP contribution in [-0.4, -0.2) is 9.38 Å². The monoisotopic (exact) mass is 902 g/mol. The van der Waals surface area contributed by atoms with Crippen molar-refractivity contribution in [2.45, 2.75) is 10.8 Å². The van der Waals surface area contributed by atoms with Crippen LogP contribution in [0.15, 0.2) is 279 Å². The first-order chi connectivity index (χ1) is 35.2. The van der Waals surface area contributed by atoms with Gasteiger partial charge in [-0.2, -0.15) is 0 Å². The van der Waals surface area contributed by atoms with Gasteiger partial charge in [-0.25, -0.2) is 4.98 Å². The van der Waals surface area contributed by atoms with Gasteiger partial charge in [-0.05, 0) is 113 Å². The van der Waals surface area contributed by atoms with E-state index in [0.29, 0.717) is 0 Å². The van der Waals surface area contributed by atoms with Crippen LogP contribution >= 0.6 is 0 Å². The minimum Gasteiger partial charge on any atom is -0.299 e. The molecule has 12 aromatic rings. The summed E-state index contributed by atoms with van der Waals surface area (Å²) in [6.45, 7) is 0. The average molecular weight is 903 g/mol. The Morgan fingerprint density at radius 3 is 1.07 bits per heavy atom. The molecular weight excluding hydrogens is 857 g/mol. The van der Waals surface area contributed by atoms with Crippen molar-refractivity contribution in [1.82, 2.24) is 9.38 Å². The molecule has 0 saturated carbocycles. The van der Waals surface area contributed by atoms with Crippen LogP contribution < -0.4 is 0 Å². The summed E-state index contributed by atoms with van der Waals surface area (Å²) in [5.74, 6) is 0. The Balaban J connectivity index is 0.845. The van der Waals surface area contributed by atoms with Gasteiger partial charge in [0.25, 0.3) is 0 Å². The topological polar surface area (TPSA) is 17.3 Å². The predicted octanol–water partition coefficient (Wildman–Crippen LogP) is 16.7. The van der Waals surface area contributed by atoms with Gasteiger partial charge in [0, 0.05) is 17.3 Å². The van der Waals surface area contributed by atoms with Crippen LogP contribution in [0.5, 0.6) is 0 Å². The molecule has 0 spiro atoms. The third-order valence-electron chi connectivity index (χ3n) is 15.4. The molecule has 0 fully saturated rings. The minimum atomic E-state index is -0.452. The van der Waals surface area contributed by atoms with Crippen LogP contribution in [0.2, 0.25) is 0 Å². The second-order valence-electron chi connectivity index (χ2n) is 19.0. The van der Waals surface area contributed by atoms with Crippen molar-refractivity contribution in [1.29, 1.82) is 0 Å². The fourth-order valence-corrected chi connectivity index (χ4v) is 12.4. The van der Waals surface area contributed by atoms with Crippen molar-refractivity contribution < 1.29 is 0 Å². The second kappa shape index (κ2) is 16.3. The number of nitrogens with zero attached hydrogens (tertiary/aromatic N) is 2. The molecule has 332 valence electrons. The molecule has 0 amide bonds. The van der Waals surface area contributed by atoms with Gasteiger partial charge in [0.15, 0.2) is 0 Å². The smallest absolute Gasteiger partial charge is 0.137 e. The number of aromatic nitrogens is 2. The largest absolute Gasteiger partial charge is 0.299 e. The highest BCUT2D eigenvalue weighted by Gasteiger charge is 2.47. The Hall–Kier alpha value is -9.11. The summed E-state index contributed by atoms with van der Waals surface area (Å²) in [7, 11) is 0. The Bertz CT molecular complexity index is 3870. The van der Waals surface area contributed by atoms with Gasteiger partial charge < -0.3 is 0 Å². The molecule has 2 heteroatoms. The van der Waals surface area contributed by atoms with Crippen LogP contribution in [0.4, 0.5) is 0 Å². The van der Waals surface area contributed by atoms with Crippen LogP contribution in [0.3, 0.4) is 0 Å². The van der Waals surface area contributed by atoms with Crippen LogP contribution in [0, 0.1) is 0 Å². The summed E-state index contributed by atoms with van der Waals surface area (Å²) in [6, 6.07) is 100. The van der Waals surface area contributed by atoms with E-state index in [0.717, 1.165) is 33.7 Å². The van der Waals surface area contributed by atoms with E-state index < -0.39 is 10.8 Å². The quantitative estimate of drug-likeness (QED) is 0.149. The first-order valence-corrected chi connectivity index (χ1v) is 24.6. The lowest BCUT2D eigenvalue weighted by molar-refractivity contribution is 0.769. The molecule has 0 atom stereocenters. The van der Waals surface area contributed by atoms with Crippen molar-refractivity contribution in [2.75, 3.05) is 0 Å². The van der Waals surface area contributed by atoms with Gasteiger partial charge in [-0.15, -0.1) is 0 Å². The maximum Gasteiger partial charge on any atom is 0.137 e. The van der Waals surface area contributed by atoms with Gasteiger partial charge in [0.1, 0.15) is 5.65 Å². The standard InChI is InChI=1S/C69H46N2/c1-5-19-53(20-6-1)68(54-21-7-2-8-22-54)61-29-15-13-27-57(61)59-42-40-51(45-63(59)68)47-32-36-49(37-33-47)66-67(71-44-18-17-31-65(71)70-66)50-38-34-48(35-39-50)52-41-43-60-58-28-14-16-30-62(58)69(64(60)46-52,55-23-9-3-10-24-55)56-25-11-4-12-26-56/h1-46H. The molecule has 0 N–H and O–H groups in total. The van der Waals surface area contributed by atoms with E-state index in [2.05, 4.69) is 284 Å². The molecule has 0 aliphatic heterocycles. The van der Waals surface area contributed by atoms with Crippen molar-refractivity contribution >= 4 is 5.65 Å². The van der Waals surface area contributed by atoms with Gasteiger partial charge in [0.2, 0.25) is 0 Å². The Morgan fingerprint density at radius 1 is 0.268 bits per heavy atom. The molecule has 2 heterocycles. The molecule has 2 nitrogen and oxygen atoms in total. The molecule has 71 heavy (non-hydrogen) atoms. The van der Waals surface area contributed by atoms with E-state index in [4.69, 9.17) is 4.98 Å². The average Bonchev–Trinajstić information content (AvgIpc) is 4.10. The molecular formula is C69H46N2. The van der Waals surface area contributed by atoms with Crippen LogP contribution in [0.25, 0.3) is 72.7 Å². The number of benzene rings is 10. The molecule has 2 aliphatic carbocycles. The third kappa shape index (κ3) is 6.11. The number of hydrogen-bond donors (Lipinski definition) is 0. The number of hydrogen-bond acceptors (Lipinski definition) is 1. The number of fused-ring (bicyclic) bond motifs is 7. The lowest BCUT2D eigenvalue weighted by atomic mass is 9.67. The van der Waals surface area contributed by atoms with Gasteiger partial charge in [-0.1, -0.05) is 249 Å². The zero-order chi connectivity index (χ0) is 46.9. The Kier molecular flexibility index (Phi) is 9.37. The molecule has 2 aromatic heterocycles. The molecule has 2 aliphatic rings. The Labute approximate surface area is 414 Å². The highest BCUT2D eigenvalue weighted by Crippen LogP contribution is 2.58. The van der Waals surface area contributed by atoms with Crippen molar-refractivity contribution in [3.8, 4) is 67.0 Å². The van der Waals surface area contributed by atoms with Crippen molar-refractivity contribution in [2.24, 2.45) is 0 Å². The van der Waals surface area contributed by atoms with Crippen LogP contribution in [-0.2, 0) is 10.8 Å². The van der Waals surface area contributed by atoms with Gasteiger partial charge >= 0.3 is 0 Å². The summed E-state index contributed by atoms with van der Waals surface area (Å²) < 4.78 is 2.23. The first kappa shape index (κ1) is 40.9. The normalized spacial score (nSPS) is 13.6. The zero-order valence-corrected chi connectivity index (χ0v) is 39.0. The molecule has 0 unspecified atom stereocenters. The second-order valence-corrected chi connectivity index (χ2v) is 19.0. The summed E-state index contributed by atoms with van der Waals surface area (Å²) >= 11 is 0. The van der Waals surface area contributed by atoms with Crippen molar-refractivity contribution in [3.63, 3.8) is 0 Å². The van der Waals surface area contributed by atoms with Gasteiger partial charge in [0.05, 0.1) is 22.2 Å². The highest BCUT2D eigenvalue weighted by atomic mass is 15.0. The summed E-state index contributed by atoms with van der Waals surface area (Å²) in [6.07, 6.45) is 2.13. The number of rotatable bonds is 8. The number of imidazole rings is 1. The van der Waals surface area contributed by atoms with E-state index in [-0.39, 0.29) is 0 Å². The fourth-order valence-electron chi connectivity index (χ4n) is 12.4. The zero-order valence-electron chi connectivity index (χ0n) is 39.0. The maximum absolute atomic E-state index is 5.29. The molecule has 0 radical (unpaired) electrons. The van der Waals surface area contributed by atoms with Crippen molar-refractivity contribution in [3.05, 3.63) is 324 Å². The lowest BCUT2D eigenvalue weighted by Crippen LogP contribution is -2.28. The summed E-state index contributed by atoms with van der Waals surface area (Å²) in [5, 5.41) is 0. The number of pyridine rings is 1. The van der Waals surface area contributed by atoms with E-state index in [1.807, 2.05) is 0 Å². The minimum absolute atomic E-state index is 0.452. The molecule has 14 rings (SSSR count). The molecule has 0 bridgehead atoms. The van der Waals surface area contributed by atoms with Gasteiger partial charge in [-0.3, -0.25) is 4.40 Å². The predicted molar refractivity (Wildman–Crippen MR) is 292 cm³/mol. The summed E-state index contributed by atoms with van der Waals surface area (Å²) in [5.41, 5.74) is 24.4. The first-order valence-electron chi connectivity index (χ1n) is 24.6. The van der Waals surface area contributed by atoms with E-state index in [1.165, 1.54) is 83.5 Å².